The summed E-state index contributed by atoms with van der Waals surface area (Å²) >= 11 is 7.10. The largest absolute Gasteiger partial charge is 0.489 e. The van der Waals surface area contributed by atoms with Crippen LogP contribution in [0.5, 0.6) is 5.75 Å². The van der Waals surface area contributed by atoms with Gasteiger partial charge in [0.1, 0.15) is 12.4 Å². The van der Waals surface area contributed by atoms with Gasteiger partial charge in [-0.15, -0.1) is 11.3 Å². The van der Waals surface area contributed by atoms with E-state index in [9.17, 15) is 18.0 Å². The van der Waals surface area contributed by atoms with E-state index in [1.165, 1.54) is 16.9 Å². The van der Waals surface area contributed by atoms with E-state index < -0.39 is 17.6 Å². The number of rotatable bonds is 6. The Labute approximate surface area is 175 Å². The zero-order valence-corrected chi connectivity index (χ0v) is 16.9. The van der Waals surface area contributed by atoms with Crippen molar-refractivity contribution in [1.82, 2.24) is 0 Å². The Hall–Kier alpha value is -2.51. The summed E-state index contributed by atoms with van der Waals surface area (Å²) in [5, 5.41) is 4.23. The van der Waals surface area contributed by atoms with E-state index in [1.807, 2.05) is 24.3 Å². The van der Waals surface area contributed by atoms with Crippen molar-refractivity contribution in [3.8, 4) is 5.75 Å². The second-order valence-electron chi connectivity index (χ2n) is 6.25. The molecule has 1 heterocycles. The molecular weight excluding hydrogens is 423 g/mol. The molecule has 0 spiro atoms. The Balaban J connectivity index is 1.65. The molecule has 0 fully saturated rings. The van der Waals surface area contributed by atoms with Gasteiger partial charge in [-0.3, -0.25) is 4.79 Å². The smallest absolute Gasteiger partial charge is 0.416 e. The Morgan fingerprint density at radius 2 is 1.83 bits per heavy atom. The highest BCUT2D eigenvalue weighted by atomic mass is 35.5. The standard InChI is InChI=1S/C21H17ClF3NO2S/c1-2-13-3-6-16(7-4-13)28-11-14-9-19(29-12-14)20(27)26-18-10-15(21(23,24)25)5-8-17(18)22/h3-10,12H,2,11H2,1H3,(H,26,27). The van der Waals surface area contributed by atoms with Crippen LogP contribution >= 0.6 is 22.9 Å². The number of ether oxygens (including phenoxy) is 1. The van der Waals surface area contributed by atoms with Crippen LogP contribution in [0.4, 0.5) is 18.9 Å². The van der Waals surface area contributed by atoms with Crippen molar-refractivity contribution in [3.05, 3.63) is 80.5 Å². The molecule has 0 saturated carbocycles. The van der Waals surface area contributed by atoms with Crippen molar-refractivity contribution in [3.63, 3.8) is 0 Å². The first kappa shape index (κ1) is 21.2. The molecule has 0 aliphatic rings. The molecule has 2 aromatic carbocycles. The van der Waals surface area contributed by atoms with Gasteiger partial charge < -0.3 is 10.1 Å². The SMILES string of the molecule is CCc1ccc(OCc2csc(C(=O)Nc3cc(C(F)(F)F)ccc3Cl)c2)cc1. The molecule has 1 amide bonds. The monoisotopic (exact) mass is 439 g/mol. The summed E-state index contributed by atoms with van der Waals surface area (Å²) in [4.78, 5) is 12.7. The first-order valence-corrected chi connectivity index (χ1v) is 9.99. The Kier molecular flexibility index (Phi) is 6.49. The molecule has 29 heavy (non-hydrogen) atoms. The van der Waals surface area contributed by atoms with Gasteiger partial charge in [0.05, 0.1) is 21.2 Å². The second kappa shape index (κ2) is 8.88. The summed E-state index contributed by atoms with van der Waals surface area (Å²) in [7, 11) is 0. The fraction of sp³-hybridized carbons (Fsp3) is 0.190. The van der Waals surface area contributed by atoms with E-state index in [0.717, 1.165) is 35.9 Å². The van der Waals surface area contributed by atoms with E-state index in [1.54, 1.807) is 11.4 Å². The summed E-state index contributed by atoms with van der Waals surface area (Å²) in [5.74, 6) is 0.185. The van der Waals surface area contributed by atoms with E-state index in [4.69, 9.17) is 16.3 Å². The predicted octanol–water partition coefficient (Wildman–Crippen LogP) is 6.81. The van der Waals surface area contributed by atoms with Crippen LogP contribution in [0.25, 0.3) is 0 Å². The molecule has 152 valence electrons. The lowest BCUT2D eigenvalue weighted by atomic mass is 10.2. The number of alkyl halides is 3. The van der Waals surface area contributed by atoms with E-state index in [0.29, 0.717) is 4.88 Å². The van der Waals surface area contributed by atoms with Crippen LogP contribution in [-0.4, -0.2) is 5.91 Å². The van der Waals surface area contributed by atoms with Crippen LogP contribution in [-0.2, 0) is 19.2 Å². The van der Waals surface area contributed by atoms with Crippen molar-refractivity contribution >= 4 is 34.5 Å². The first-order chi connectivity index (χ1) is 13.8. The summed E-state index contributed by atoms with van der Waals surface area (Å²) in [5.41, 5.74) is 1.02. The third kappa shape index (κ3) is 5.52. The maximum absolute atomic E-state index is 12.9. The lowest BCUT2D eigenvalue weighted by Gasteiger charge is -2.11. The third-order valence-corrected chi connectivity index (χ3v) is 5.46. The van der Waals surface area contributed by atoms with Crippen LogP contribution in [0.3, 0.4) is 0 Å². The van der Waals surface area contributed by atoms with Gasteiger partial charge in [-0.05, 0) is 53.8 Å². The summed E-state index contributed by atoms with van der Waals surface area (Å²) in [6, 6.07) is 12.2. The average Bonchev–Trinajstić information content (AvgIpc) is 3.17. The van der Waals surface area contributed by atoms with Crippen molar-refractivity contribution < 1.29 is 22.7 Å². The Morgan fingerprint density at radius 1 is 1.10 bits per heavy atom. The lowest BCUT2D eigenvalue weighted by molar-refractivity contribution is -0.137. The van der Waals surface area contributed by atoms with Crippen molar-refractivity contribution in [2.75, 3.05) is 5.32 Å². The summed E-state index contributed by atoms with van der Waals surface area (Å²) in [6.45, 7) is 2.35. The van der Waals surface area contributed by atoms with Gasteiger partial charge >= 0.3 is 6.18 Å². The fourth-order valence-corrected chi connectivity index (χ4v) is 3.50. The molecule has 1 N–H and O–H groups in total. The maximum atomic E-state index is 12.9. The molecule has 0 saturated heterocycles. The first-order valence-electron chi connectivity index (χ1n) is 8.73. The Bertz CT molecular complexity index is 1000. The number of halogens is 4. The van der Waals surface area contributed by atoms with Gasteiger partial charge in [-0.2, -0.15) is 13.2 Å². The number of hydrogen-bond acceptors (Lipinski definition) is 3. The number of benzene rings is 2. The second-order valence-corrected chi connectivity index (χ2v) is 7.57. The van der Waals surface area contributed by atoms with Crippen molar-refractivity contribution in [1.29, 1.82) is 0 Å². The number of anilines is 1. The van der Waals surface area contributed by atoms with Crippen LogP contribution in [0, 0.1) is 0 Å². The molecule has 1 aromatic heterocycles. The molecule has 3 rings (SSSR count). The number of amides is 1. The van der Waals surface area contributed by atoms with E-state index in [2.05, 4.69) is 12.2 Å². The molecule has 3 nitrogen and oxygen atoms in total. The minimum Gasteiger partial charge on any atom is -0.489 e. The number of aryl methyl sites for hydroxylation is 1. The summed E-state index contributed by atoms with van der Waals surface area (Å²) < 4.78 is 44.3. The van der Waals surface area contributed by atoms with E-state index in [-0.39, 0.29) is 17.3 Å². The van der Waals surface area contributed by atoms with Crippen LogP contribution in [0.2, 0.25) is 5.02 Å². The Morgan fingerprint density at radius 3 is 2.48 bits per heavy atom. The number of hydrogen-bond donors (Lipinski definition) is 1. The minimum atomic E-state index is -4.52. The average molecular weight is 440 g/mol. The molecule has 0 aliphatic carbocycles. The van der Waals surface area contributed by atoms with Crippen LogP contribution in [0.15, 0.2) is 53.9 Å². The molecule has 0 atom stereocenters. The molecule has 0 radical (unpaired) electrons. The molecule has 0 unspecified atom stereocenters. The summed E-state index contributed by atoms with van der Waals surface area (Å²) in [6.07, 6.45) is -3.58. The highest BCUT2D eigenvalue weighted by Crippen LogP contribution is 2.34. The number of carbonyl (C=O) groups excluding carboxylic acids is 1. The van der Waals surface area contributed by atoms with Crippen LogP contribution < -0.4 is 10.1 Å². The van der Waals surface area contributed by atoms with Gasteiger partial charge in [-0.25, -0.2) is 0 Å². The maximum Gasteiger partial charge on any atom is 0.416 e. The minimum absolute atomic E-state index is 0.0296. The van der Waals surface area contributed by atoms with Crippen LogP contribution in [0.1, 0.15) is 33.3 Å². The molecule has 0 aliphatic heterocycles. The quantitative estimate of drug-likeness (QED) is 0.458. The zero-order chi connectivity index (χ0) is 21.0. The van der Waals surface area contributed by atoms with Gasteiger partial charge in [0, 0.05) is 5.56 Å². The zero-order valence-electron chi connectivity index (χ0n) is 15.3. The van der Waals surface area contributed by atoms with Crippen molar-refractivity contribution in [2.24, 2.45) is 0 Å². The number of nitrogens with one attached hydrogen (secondary N) is 1. The lowest BCUT2D eigenvalue weighted by Crippen LogP contribution is -2.12. The molecular formula is C21H17ClF3NO2S. The fourth-order valence-electron chi connectivity index (χ4n) is 2.54. The molecule has 3 aromatic rings. The highest BCUT2D eigenvalue weighted by Gasteiger charge is 2.31. The topological polar surface area (TPSA) is 38.3 Å². The van der Waals surface area contributed by atoms with Gasteiger partial charge in [0.15, 0.2) is 0 Å². The molecule has 0 bridgehead atoms. The van der Waals surface area contributed by atoms with Gasteiger partial charge in [0.25, 0.3) is 5.91 Å². The van der Waals surface area contributed by atoms with Gasteiger partial charge in [0.2, 0.25) is 0 Å². The number of carbonyl (C=O) groups is 1. The van der Waals surface area contributed by atoms with E-state index >= 15 is 0 Å². The van der Waals surface area contributed by atoms with Crippen molar-refractivity contribution in [2.45, 2.75) is 26.1 Å². The third-order valence-electron chi connectivity index (χ3n) is 4.16. The molecule has 8 heteroatoms. The normalized spacial score (nSPS) is 11.3. The predicted molar refractivity (Wildman–Crippen MR) is 109 cm³/mol. The number of thiophene rings is 1. The van der Waals surface area contributed by atoms with Gasteiger partial charge in [-0.1, -0.05) is 30.7 Å². The highest BCUT2D eigenvalue weighted by molar-refractivity contribution is 7.12.